The predicted octanol–water partition coefficient (Wildman–Crippen LogP) is 6.14. The molecular weight excluding hydrogens is 499 g/mol. The maximum Gasteiger partial charge on any atom is 0.417 e. The quantitative estimate of drug-likeness (QED) is 0.342. The molecule has 0 amide bonds. The van der Waals surface area contributed by atoms with Crippen LogP contribution in [0, 0.1) is 0 Å². The summed E-state index contributed by atoms with van der Waals surface area (Å²) in [5.74, 6) is 1.23. The number of ether oxygens (including phenoxy) is 2. The fourth-order valence-corrected chi connectivity index (χ4v) is 5.89. The molecule has 1 unspecified atom stereocenters. The van der Waals surface area contributed by atoms with Crippen LogP contribution in [0.2, 0.25) is 0 Å². The van der Waals surface area contributed by atoms with Crippen molar-refractivity contribution in [3.05, 3.63) is 65.0 Å². The molecule has 1 aromatic carbocycles. The highest BCUT2D eigenvalue weighted by Crippen LogP contribution is 2.46. The first-order valence-corrected chi connectivity index (χ1v) is 12.9. The van der Waals surface area contributed by atoms with Gasteiger partial charge in [0.25, 0.3) is 0 Å². The summed E-state index contributed by atoms with van der Waals surface area (Å²) >= 11 is 0. The van der Waals surface area contributed by atoms with Crippen molar-refractivity contribution in [2.24, 2.45) is 0 Å². The van der Waals surface area contributed by atoms with E-state index in [0.29, 0.717) is 16.9 Å². The first-order valence-electron chi connectivity index (χ1n) is 12.9. The minimum atomic E-state index is -4.50. The van der Waals surface area contributed by atoms with Crippen LogP contribution in [0.1, 0.15) is 71.7 Å². The number of alkyl halides is 3. The van der Waals surface area contributed by atoms with Crippen molar-refractivity contribution in [2.75, 3.05) is 12.0 Å². The molecule has 0 spiro atoms. The predicted molar refractivity (Wildman–Crippen MR) is 132 cm³/mol. The average molecular weight is 528 g/mol. The Kier molecular flexibility index (Phi) is 6.37. The van der Waals surface area contributed by atoms with Gasteiger partial charge in [0.05, 0.1) is 30.9 Å². The van der Waals surface area contributed by atoms with Crippen LogP contribution in [-0.4, -0.2) is 41.4 Å². The monoisotopic (exact) mass is 527 g/mol. The topological polar surface area (TPSA) is 77.7 Å². The van der Waals surface area contributed by atoms with Crippen LogP contribution in [0.3, 0.4) is 0 Å². The molecule has 7 nitrogen and oxygen atoms in total. The van der Waals surface area contributed by atoms with Gasteiger partial charge in [-0.15, -0.1) is 0 Å². The lowest BCUT2D eigenvalue weighted by molar-refractivity contribution is -0.137. The third-order valence-corrected chi connectivity index (χ3v) is 7.84. The number of esters is 1. The second kappa shape index (κ2) is 9.72. The van der Waals surface area contributed by atoms with Crippen LogP contribution in [-0.2, 0) is 22.3 Å². The molecule has 3 atom stereocenters. The molecule has 3 fully saturated rings. The van der Waals surface area contributed by atoms with E-state index in [2.05, 4.69) is 15.0 Å². The number of aromatic nitrogens is 2. The van der Waals surface area contributed by atoms with E-state index in [4.69, 9.17) is 14.0 Å². The Morgan fingerprint density at radius 1 is 1.08 bits per heavy atom. The van der Waals surface area contributed by atoms with Gasteiger partial charge >= 0.3 is 12.1 Å². The van der Waals surface area contributed by atoms with Crippen LogP contribution < -0.4 is 4.90 Å². The molecule has 1 saturated carbocycles. The summed E-state index contributed by atoms with van der Waals surface area (Å²) in [5, 5.41) is 4.10. The fourth-order valence-electron chi connectivity index (χ4n) is 5.89. The third kappa shape index (κ3) is 4.66. The lowest BCUT2D eigenvalue weighted by Crippen LogP contribution is -2.46. The molecule has 38 heavy (non-hydrogen) atoms. The van der Waals surface area contributed by atoms with Gasteiger partial charge in [-0.3, -0.25) is 0 Å². The molecule has 2 saturated heterocycles. The second-order valence-electron chi connectivity index (χ2n) is 10.3. The summed E-state index contributed by atoms with van der Waals surface area (Å²) in [7, 11) is 1.34. The Bertz CT molecular complexity index is 1310. The van der Waals surface area contributed by atoms with E-state index >= 15 is 0 Å². The number of hydrogen-bond acceptors (Lipinski definition) is 7. The van der Waals surface area contributed by atoms with Gasteiger partial charge < -0.3 is 18.9 Å². The van der Waals surface area contributed by atoms with E-state index in [1.54, 1.807) is 12.1 Å². The van der Waals surface area contributed by atoms with Crippen LogP contribution in [0.5, 0.6) is 0 Å². The largest absolute Gasteiger partial charge is 0.465 e. The lowest BCUT2D eigenvalue weighted by atomic mass is 9.98. The number of benzene rings is 1. The van der Waals surface area contributed by atoms with Crippen LogP contribution in [0.25, 0.3) is 11.3 Å². The highest BCUT2D eigenvalue weighted by atomic mass is 19.4. The van der Waals surface area contributed by atoms with Crippen LogP contribution in [0.15, 0.2) is 47.1 Å². The van der Waals surface area contributed by atoms with Gasteiger partial charge in [0.1, 0.15) is 17.3 Å². The zero-order valence-electron chi connectivity index (χ0n) is 20.9. The smallest absolute Gasteiger partial charge is 0.417 e. The molecule has 0 N–H and O–H groups in total. The summed E-state index contributed by atoms with van der Waals surface area (Å²) in [4.78, 5) is 18.6. The number of piperidine rings is 1. The lowest BCUT2D eigenvalue weighted by Gasteiger charge is -2.39. The normalized spacial score (nSPS) is 23.1. The number of pyridine rings is 1. The van der Waals surface area contributed by atoms with Crippen molar-refractivity contribution < 1.29 is 32.0 Å². The average Bonchev–Trinajstić information content (AvgIpc) is 3.62. The van der Waals surface area contributed by atoms with E-state index < -0.39 is 17.7 Å². The number of nitrogens with zero attached hydrogens (tertiary/aromatic N) is 3. The highest BCUT2D eigenvalue weighted by Gasteiger charge is 2.43. The van der Waals surface area contributed by atoms with E-state index in [1.165, 1.54) is 25.4 Å². The molecule has 4 heterocycles. The number of rotatable bonds is 7. The minimum absolute atomic E-state index is 0.0191. The summed E-state index contributed by atoms with van der Waals surface area (Å²) in [6.07, 6.45) is 2.47. The number of fused-ring (bicyclic) bond motifs is 2. The van der Waals surface area contributed by atoms with E-state index in [9.17, 15) is 18.0 Å². The molecule has 10 heteroatoms. The number of hydrogen-bond donors (Lipinski definition) is 0. The number of anilines is 1. The minimum Gasteiger partial charge on any atom is -0.465 e. The fraction of sp³-hybridized carbons (Fsp3) is 0.464. The summed E-state index contributed by atoms with van der Waals surface area (Å²) < 4.78 is 58.0. The Labute approximate surface area is 217 Å². The van der Waals surface area contributed by atoms with E-state index in [1.807, 2.05) is 6.07 Å². The summed E-state index contributed by atoms with van der Waals surface area (Å²) in [5.41, 5.74) is 0.540. The van der Waals surface area contributed by atoms with Crippen LogP contribution in [0.4, 0.5) is 19.0 Å². The molecule has 200 valence electrons. The Morgan fingerprint density at radius 3 is 2.45 bits per heavy atom. The SMILES string of the molecule is COC(=O)c1ccc(N2[C@@H]3CC[C@H]2CC(OCc2c(-c4ccccc4C(F)(F)F)noc2C2CC2)C3)nc1. The van der Waals surface area contributed by atoms with Gasteiger partial charge in [0.2, 0.25) is 0 Å². The molecular formula is C28H28F3N3O4. The number of carbonyl (C=O) groups is 1. The molecule has 3 aliphatic rings. The van der Waals surface area contributed by atoms with E-state index in [0.717, 1.165) is 50.4 Å². The molecule has 2 bridgehead atoms. The molecule has 6 rings (SSSR count). The molecule has 0 radical (unpaired) electrons. The van der Waals surface area contributed by atoms with Crippen LogP contribution >= 0.6 is 0 Å². The van der Waals surface area contributed by atoms with Gasteiger partial charge in [0, 0.05) is 35.3 Å². The van der Waals surface area contributed by atoms with Gasteiger partial charge in [-0.25, -0.2) is 9.78 Å². The molecule has 2 aliphatic heterocycles. The first kappa shape index (κ1) is 24.9. The van der Waals surface area contributed by atoms with Gasteiger partial charge in [-0.2, -0.15) is 13.2 Å². The maximum atomic E-state index is 13.7. The summed E-state index contributed by atoms with van der Waals surface area (Å²) in [6, 6.07) is 9.54. The zero-order valence-corrected chi connectivity index (χ0v) is 20.9. The number of carbonyl (C=O) groups excluding carboxylic acids is 1. The van der Waals surface area contributed by atoms with Crippen molar-refractivity contribution in [2.45, 2.75) is 75.4 Å². The Morgan fingerprint density at radius 2 is 1.82 bits per heavy atom. The molecule has 1 aliphatic carbocycles. The van der Waals surface area contributed by atoms with E-state index in [-0.39, 0.29) is 42.0 Å². The Hall–Kier alpha value is -3.40. The third-order valence-electron chi connectivity index (χ3n) is 7.84. The Balaban J connectivity index is 1.19. The standard InChI is InChI=1S/C28H28F3N3O4/c1-36-27(35)17-8-11-24(32-14-17)34-18-9-10-19(34)13-20(12-18)37-15-22-25(33-38-26(22)16-6-7-16)21-4-2-3-5-23(21)28(29,30)31/h2-5,8,11,14,16,18-20H,6-7,9-10,12-13,15H2,1H3/t18-,19+,20?. The second-order valence-corrected chi connectivity index (χ2v) is 10.3. The summed E-state index contributed by atoms with van der Waals surface area (Å²) in [6.45, 7) is 0.160. The van der Waals surface area contributed by atoms with Gasteiger partial charge in [0.15, 0.2) is 0 Å². The van der Waals surface area contributed by atoms with Crippen molar-refractivity contribution >= 4 is 11.8 Å². The molecule has 3 aromatic rings. The highest BCUT2D eigenvalue weighted by molar-refractivity contribution is 5.89. The maximum absolute atomic E-state index is 13.7. The number of halogens is 3. The van der Waals surface area contributed by atoms with Crippen molar-refractivity contribution in [3.63, 3.8) is 0 Å². The number of methoxy groups -OCH3 is 1. The van der Waals surface area contributed by atoms with Crippen molar-refractivity contribution in [1.82, 2.24) is 10.1 Å². The van der Waals surface area contributed by atoms with Crippen molar-refractivity contribution in [1.29, 1.82) is 0 Å². The van der Waals surface area contributed by atoms with Gasteiger partial charge in [-0.1, -0.05) is 23.4 Å². The molecule has 2 aromatic heterocycles. The first-order chi connectivity index (χ1) is 18.3. The van der Waals surface area contributed by atoms with Gasteiger partial charge in [-0.05, 0) is 56.7 Å². The zero-order chi connectivity index (χ0) is 26.4. The van der Waals surface area contributed by atoms with Crippen molar-refractivity contribution in [3.8, 4) is 11.3 Å².